The van der Waals surface area contributed by atoms with Crippen LogP contribution in [0.5, 0.6) is 0 Å². The van der Waals surface area contributed by atoms with Crippen LogP contribution in [-0.2, 0) is 52.2 Å². The number of aliphatic hydroxyl groups is 3. The van der Waals surface area contributed by atoms with Gasteiger partial charge in [0.15, 0.2) is 18.4 Å². The lowest BCUT2D eigenvalue weighted by Gasteiger charge is -2.51. The Morgan fingerprint density at radius 2 is 1.63 bits per heavy atom. The van der Waals surface area contributed by atoms with E-state index < -0.39 is 90.8 Å². The molecule has 1 aliphatic carbocycles. The molecule has 14 heteroatoms. The molecule has 7 aliphatic rings. The summed E-state index contributed by atoms with van der Waals surface area (Å²) in [4.78, 5) is 14.4. The van der Waals surface area contributed by atoms with Crippen LogP contribution in [0, 0.1) is 23.7 Å². The predicted octanol–water partition coefficient (Wildman–Crippen LogP) is 5.60. The van der Waals surface area contributed by atoms with Crippen molar-refractivity contribution in [2.24, 2.45) is 23.7 Å². The molecule has 0 saturated carbocycles. The van der Waals surface area contributed by atoms with E-state index in [0.29, 0.717) is 61.5 Å². The van der Waals surface area contributed by atoms with Crippen LogP contribution in [0.2, 0.25) is 0 Å². The molecule has 1 spiro atoms. The van der Waals surface area contributed by atoms with E-state index in [1.807, 2.05) is 19.1 Å². The Morgan fingerprint density at radius 3 is 2.35 bits per heavy atom. The van der Waals surface area contributed by atoms with E-state index in [0.717, 1.165) is 18.4 Å². The number of ether oxygens (including phenoxy) is 10. The first kappa shape index (κ1) is 47.9. The third kappa shape index (κ3) is 9.73. The van der Waals surface area contributed by atoms with Gasteiger partial charge >= 0.3 is 5.97 Å². The molecule has 14 nitrogen and oxygen atoms in total. The van der Waals surface area contributed by atoms with Gasteiger partial charge in [0.2, 0.25) is 0 Å². The van der Waals surface area contributed by atoms with Gasteiger partial charge in [0.05, 0.1) is 49.3 Å². The van der Waals surface area contributed by atoms with Crippen molar-refractivity contribution < 1.29 is 67.5 Å². The molecule has 350 valence electrons. The molecule has 6 heterocycles. The predicted molar refractivity (Wildman–Crippen MR) is 227 cm³/mol. The number of carbonyl (C=O) groups excluding carboxylic acids is 1. The topological polar surface area (TPSA) is 170 Å². The highest BCUT2D eigenvalue weighted by Gasteiger charge is 2.60. The lowest BCUT2D eigenvalue weighted by Crippen LogP contribution is -2.58. The average Bonchev–Trinajstić information content (AvgIpc) is 3.58. The highest BCUT2D eigenvalue weighted by molar-refractivity contribution is 5.78. The Kier molecular flexibility index (Phi) is 15.3. The van der Waals surface area contributed by atoms with Crippen LogP contribution in [0.1, 0.15) is 107 Å². The standard InChI is InChI=1S/C48H74O14/c1-11-25(2)43-28(5)17-18-47(62-43)23-34-20-33(61-47)16-15-27(4)42(26(3)13-12-14-32-24-55-45-40(49)29(6)19-35(46(51)58-34)48(32,45)52)59-39-22-37(54-10)44(31(8)57-39)60-38-21-36(53-9)41(50)30(7)56-38/h12-15,19,25-26,28,30-31,33-45,49-50,52H,11,16-18,20-24H2,1-10H3/t25-,26-,28-,30-,31-,33+,34-,35-,36-,37-,38?,39?,40+,41-,42-,43+,44-,45+,47+,48+/m0/s1. The van der Waals surface area contributed by atoms with Crippen LogP contribution >= 0.6 is 0 Å². The maximum Gasteiger partial charge on any atom is 0.316 e. The first-order valence-corrected chi connectivity index (χ1v) is 23.2. The van der Waals surface area contributed by atoms with Gasteiger partial charge in [-0.3, -0.25) is 4.79 Å². The molecule has 5 fully saturated rings. The summed E-state index contributed by atoms with van der Waals surface area (Å²) in [5, 5.41) is 34.2. The van der Waals surface area contributed by atoms with Gasteiger partial charge in [0, 0.05) is 52.2 Å². The van der Waals surface area contributed by atoms with Gasteiger partial charge in [-0.2, -0.15) is 0 Å². The van der Waals surface area contributed by atoms with Crippen molar-refractivity contribution >= 4 is 5.97 Å². The van der Waals surface area contributed by atoms with Gasteiger partial charge in [0.25, 0.3) is 0 Å². The van der Waals surface area contributed by atoms with Crippen LogP contribution in [0.4, 0.5) is 0 Å². The summed E-state index contributed by atoms with van der Waals surface area (Å²) in [5.74, 6) is -2.10. The largest absolute Gasteiger partial charge is 0.462 e. The fourth-order valence-electron chi connectivity index (χ4n) is 11.0. The zero-order valence-electron chi connectivity index (χ0n) is 38.5. The Morgan fingerprint density at radius 1 is 0.919 bits per heavy atom. The number of aliphatic hydroxyl groups excluding tert-OH is 2. The zero-order chi connectivity index (χ0) is 44.7. The molecule has 2 unspecified atom stereocenters. The first-order valence-electron chi connectivity index (χ1n) is 23.2. The lowest BCUT2D eigenvalue weighted by atomic mass is 9.71. The Hall–Kier alpha value is -2.05. The average molecular weight is 875 g/mol. The zero-order valence-corrected chi connectivity index (χ0v) is 38.5. The van der Waals surface area contributed by atoms with Crippen LogP contribution in [0.3, 0.4) is 0 Å². The van der Waals surface area contributed by atoms with Gasteiger partial charge in [-0.15, -0.1) is 0 Å². The van der Waals surface area contributed by atoms with Gasteiger partial charge in [0.1, 0.15) is 42.0 Å². The number of hydrogen-bond acceptors (Lipinski definition) is 14. The van der Waals surface area contributed by atoms with Gasteiger partial charge < -0.3 is 62.7 Å². The van der Waals surface area contributed by atoms with Crippen LogP contribution in [-0.4, -0.2) is 139 Å². The number of methoxy groups -OCH3 is 2. The number of fused-ring (bicyclic) bond motifs is 2. The van der Waals surface area contributed by atoms with Crippen molar-refractivity contribution in [3.05, 3.63) is 47.1 Å². The summed E-state index contributed by atoms with van der Waals surface area (Å²) >= 11 is 0. The molecule has 6 aliphatic heterocycles. The number of esters is 1. The molecule has 5 saturated heterocycles. The fourth-order valence-corrected chi connectivity index (χ4v) is 11.0. The second-order valence-corrected chi connectivity index (χ2v) is 19.4. The van der Waals surface area contributed by atoms with Gasteiger partial charge in [-0.05, 0) is 69.1 Å². The third-order valence-corrected chi connectivity index (χ3v) is 14.9. The minimum atomic E-state index is -1.82. The van der Waals surface area contributed by atoms with Crippen LogP contribution in [0.15, 0.2) is 47.1 Å². The molecule has 0 amide bonds. The van der Waals surface area contributed by atoms with Crippen molar-refractivity contribution in [2.75, 3.05) is 20.8 Å². The quantitative estimate of drug-likeness (QED) is 0.204. The Labute approximate surface area is 368 Å². The van der Waals surface area contributed by atoms with E-state index >= 15 is 0 Å². The third-order valence-electron chi connectivity index (χ3n) is 14.9. The smallest absolute Gasteiger partial charge is 0.316 e. The maximum atomic E-state index is 14.4. The second kappa shape index (κ2) is 19.8. The van der Waals surface area contributed by atoms with Gasteiger partial charge in [-0.25, -0.2) is 0 Å². The molecule has 0 aromatic heterocycles. The van der Waals surface area contributed by atoms with E-state index in [1.54, 1.807) is 40.2 Å². The van der Waals surface area contributed by atoms with Crippen molar-refractivity contribution in [3.63, 3.8) is 0 Å². The Bertz CT molecular complexity index is 1680. The van der Waals surface area contributed by atoms with E-state index in [1.165, 1.54) is 0 Å². The lowest BCUT2D eigenvalue weighted by molar-refractivity contribution is -0.340. The summed E-state index contributed by atoms with van der Waals surface area (Å²) in [6.45, 7) is 16.3. The van der Waals surface area contributed by atoms with Crippen molar-refractivity contribution in [3.8, 4) is 0 Å². The highest BCUT2D eigenvalue weighted by Crippen LogP contribution is 2.48. The van der Waals surface area contributed by atoms with Gasteiger partial charge in [-0.1, -0.05) is 64.5 Å². The maximum absolute atomic E-state index is 14.4. The normalized spacial score (nSPS) is 47.2. The number of allylic oxidation sites excluding steroid dienone is 2. The fraction of sp³-hybridized carbons (Fsp3) is 0.812. The van der Waals surface area contributed by atoms with E-state index in [9.17, 15) is 20.1 Å². The van der Waals surface area contributed by atoms with E-state index in [2.05, 4.69) is 40.7 Å². The minimum Gasteiger partial charge on any atom is -0.462 e. The van der Waals surface area contributed by atoms with Crippen molar-refractivity contribution in [1.82, 2.24) is 0 Å². The molecule has 7 rings (SSSR count). The summed E-state index contributed by atoms with van der Waals surface area (Å²) < 4.78 is 63.9. The minimum absolute atomic E-state index is 0.00708. The molecule has 20 atom stereocenters. The van der Waals surface area contributed by atoms with E-state index in [-0.39, 0.29) is 30.8 Å². The summed E-state index contributed by atoms with van der Waals surface area (Å²) in [7, 11) is 3.23. The summed E-state index contributed by atoms with van der Waals surface area (Å²) in [6, 6.07) is 0. The highest BCUT2D eigenvalue weighted by atomic mass is 16.7. The first-order chi connectivity index (χ1) is 29.5. The molecule has 62 heavy (non-hydrogen) atoms. The number of rotatable bonds is 8. The monoisotopic (exact) mass is 875 g/mol. The molecule has 0 aromatic rings. The Balaban J connectivity index is 1.18. The van der Waals surface area contributed by atoms with E-state index in [4.69, 9.17) is 47.4 Å². The summed E-state index contributed by atoms with van der Waals surface area (Å²) in [5.41, 5.74) is 0.188. The van der Waals surface area contributed by atoms with Crippen LogP contribution in [0.25, 0.3) is 0 Å². The van der Waals surface area contributed by atoms with Crippen molar-refractivity contribution in [1.29, 1.82) is 0 Å². The van der Waals surface area contributed by atoms with Crippen molar-refractivity contribution in [2.45, 2.75) is 204 Å². The molecule has 0 radical (unpaired) electrons. The SMILES string of the molecule is CC[C@H](C)[C@H]1O[C@]2(CC[C@@H]1C)C[C@@H]1C[C@@H](CC=C(C)[C@@H](OC3C[C@H](OC)[C@@H](OC4C[C@H](OC)[C@@H](O)[C@H](C)O4)[C@H](C)O3)[C@@H](C)C=CC=C3CO[C@@H]4[C@H](O)C(C)=C[C@@H](C(=O)O1)[C@]34O)O2. The molecular weight excluding hydrogens is 801 g/mol. The second-order valence-electron chi connectivity index (χ2n) is 19.4. The molecule has 3 N–H and O–H groups in total. The number of hydrogen-bond donors (Lipinski definition) is 3. The summed E-state index contributed by atoms with van der Waals surface area (Å²) in [6.07, 6.45) is 6.53. The number of carbonyl (C=O) groups is 1. The molecular formula is C48H74O14. The molecule has 2 bridgehead atoms. The molecule has 0 aromatic carbocycles. The van der Waals surface area contributed by atoms with Crippen LogP contribution < -0.4 is 0 Å².